The number of hydrogen-bond acceptors (Lipinski definition) is 9. The highest BCUT2D eigenvalue weighted by atomic mass is 35.5. The summed E-state index contributed by atoms with van der Waals surface area (Å²) in [6.07, 6.45) is -7.90. The van der Waals surface area contributed by atoms with E-state index in [9.17, 15) is 27.2 Å². The number of nitrogens with one attached hydrogen (secondary N) is 2. The number of nitrogens with zero attached hydrogens (tertiary/aromatic N) is 1. The van der Waals surface area contributed by atoms with Crippen LogP contribution in [0.25, 0.3) is 10.2 Å². The average Bonchev–Trinajstić information content (AvgIpc) is 3.50. The summed E-state index contributed by atoms with van der Waals surface area (Å²) in [6.45, 7) is 0. The first-order chi connectivity index (χ1) is 18.9. The maximum Gasteiger partial charge on any atom is 0.586 e. The summed E-state index contributed by atoms with van der Waals surface area (Å²) in [5.41, 5.74) is -0.154. The predicted molar refractivity (Wildman–Crippen MR) is 132 cm³/mol. The van der Waals surface area contributed by atoms with Gasteiger partial charge in [0.25, 0.3) is 11.8 Å². The molecule has 3 aromatic carbocycles. The molecule has 2 N–H and O–H groups in total. The van der Waals surface area contributed by atoms with Crippen molar-refractivity contribution in [2.75, 3.05) is 17.7 Å². The molecule has 3 heterocycles. The van der Waals surface area contributed by atoms with Crippen molar-refractivity contribution in [3.63, 3.8) is 0 Å². The van der Waals surface area contributed by atoms with Crippen LogP contribution in [0, 0.1) is 0 Å². The topological polar surface area (TPSA) is 117 Å². The molecule has 206 valence electrons. The van der Waals surface area contributed by atoms with E-state index in [1.165, 1.54) is 19.2 Å². The number of amides is 2. The van der Waals surface area contributed by atoms with Gasteiger partial charge in [0.05, 0.1) is 28.6 Å². The first-order valence-electron chi connectivity index (χ1n) is 11.0. The summed E-state index contributed by atoms with van der Waals surface area (Å²) >= 11 is 7.03. The minimum Gasteiger partial charge on any atom is -0.496 e. The normalized spacial score (nSPS) is 15.7. The molecule has 0 fully saturated rings. The van der Waals surface area contributed by atoms with E-state index < -0.39 is 35.9 Å². The Hall–Kier alpha value is -4.50. The highest BCUT2D eigenvalue weighted by Crippen LogP contribution is 2.45. The maximum absolute atomic E-state index is 13.8. The fourth-order valence-electron chi connectivity index (χ4n) is 4.03. The lowest BCUT2D eigenvalue weighted by Gasteiger charge is -2.14. The van der Waals surface area contributed by atoms with E-state index in [0.29, 0.717) is 10.2 Å². The summed E-state index contributed by atoms with van der Waals surface area (Å²) in [7, 11) is 1.34. The van der Waals surface area contributed by atoms with Crippen molar-refractivity contribution in [3.05, 3.63) is 58.1 Å². The van der Waals surface area contributed by atoms with Crippen molar-refractivity contribution in [2.24, 2.45) is 0 Å². The molecule has 0 bridgehead atoms. The number of methoxy groups -OCH3 is 1. The number of rotatable bonds is 5. The van der Waals surface area contributed by atoms with E-state index >= 15 is 0 Å². The number of alkyl halides is 4. The third kappa shape index (κ3) is 4.62. The van der Waals surface area contributed by atoms with Crippen LogP contribution in [-0.4, -0.2) is 36.5 Å². The zero-order valence-corrected chi connectivity index (χ0v) is 21.2. The fraction of sp³-hybridized carbons (Fsp3) is 0.125. The largest absolute Gasteiger partial charge is 0.586 e. The molecule has 0 atom stereocenters. The zero-order chi connectivity index (χ0) is 28.4. The number of benzene rings is 3. The smallest absolute Gasteiger partial charge is 0.496 e. The Labute approximate surface area is 229 Å². The molecule has 0 saturated heterocycles. The molecule has 10 nitrogen and oxygen atoms in total. The number of carbonyl (C=O) groups is 2. The molecule has 2 amide bonds. The Balaban J connectivity index is 1.36. The highest BCUT2D eigenvalue weighted by Gasteiger charge is 2.45. The van der Waals surface area contributed by atoms with Crippen molar-refractivity contribution in [1.29, 1.82) is 0 Å². The summed E-state index contributed by atoms with van der Waals surface area (Å²) < 4.78 is 77.8. The molecule has 2 aliphatic heterocycles. The van der Waals surface area contributed by atoms with Gasteiger partial charge < -0.3 is 34.3 Å². The number of carbonyl (C=O) groups excluding carboxylic acids is 2. The minimum atomic E-state index is -4.02. The van der Waals surface area contributed by atoms with E-state index in [4.69, 9.17) is 16.3 Å². The maximum atomic E-state index is 13.8. The molecular weight excluding hydrogens is 586 g/mol. The molecule has 0 aliphatic carbocycles. The van der Waals surface area contributed by atoms with E-state index in [1.807, 2.05) is 0 Å². The average molecular weight is 598 g/mol. The molecule has 1 aromatic heterocycles. The molecule has 40 heavy (non-hydrogen) atoms. The van der Waals surface area contributed by atoms with Crippen LogP contribution in [0.15, 0.2) is 42.5 Å². The van der Waals surface area contributed by atoms with Crippen molar-refractivity contribution in [1.82, 2.24) is 4.98 Å². The van der Waals surface area contributed by atoms with Gasteiger partial charge in [0.15, 0.2) is 27.5 Å². The Morgan fingerprint density at radius 1 is 0.875 bits per heavy atom. The standard InChI is InChI=1S/C24H12ClF4N3O7S/c1-35-14-5-3-11-19(40-22(25)32-11)18(14)21(34)31-12-8-17-16(38-24(28,29)39-17)7-10(12)20(33)30-9-2-4-13-15(6-9)37-23(26,27)36-13/h2-8H,1H3,(H,30,33)(H,31,34). The van der Waals surface area contributed by atoms with E-state index in [1.54, 1.807) is 6.07 Å². The van der Waals surface area contributed by atoms with Gasteiger partial charge in [0.2, 0.25) is 0 Å². The molecular formula is C24H12ClF4N3O7S. The number of thiazole rings is 1. The van der Waals surface area contributed by atoms with Crippen molar-refractivity contribution in [3.8, 4) is 28.7 Å². The van der Waals surface area contributed by atoms with Gasteiger partial charge in [-0.15, -0.1) is 28.9 Å². The van der Waals surface area contributed by atoms with Crippen LogP contribution in [0.3, 0.4) is 0 Å². The van der Waals surface area contributed by atoms with Crippen LogP contribution in [0.2, 0.25) is 4.47 Å². The van der Waals surface area contributed by atoms with Gasteiger partial charge in [-0.05, 0) is 30.3 Å². The van der Waals surface area contributed by atoms with Crippen LogP contribution < -0.4 is 34.3 Å². The van der Waals surface area contributed by atoms with Crippen molar-refractivity contribution in [2.45, 2.75) is 12.6 Å². The summed E-state index contributed by atoms with van der Waals surface area (Å²) in [5, 5.41) is 4.94. The van der Waals surface area contributed by atoms with Gasteiger partial charge in [-0.1, -0.05) is 11.6 Å². The molecule has 4 aromatic rings. The van der Waals surface area contributed by atoms with Gasteiger partial charge in [-0.2, -0.15) is 0 Å². The fourth-order valence-corrected chi connectivity index (χ4v) is 5.18. The number of aromatic nitrogens is 1. The van der Waals surface area contributed by atoms with Gasteiger partial charge in [-0.3, -0.25) is 9.59 Å². The number of hydrogen-bond donors (Lipinski definition) is 2. The summed E-state index contributed by atoms with van der Waals surface area (Å²) in [4.78, 5) is 30.8. The molecule has 6 rings (SSSR count). The van der Waals surface area contributed by atoms with Crippen LogP contribution in [-0.2, 0) is 0 Å². The zero-order valence-electron chi connectivity index (χ0n) is 19.6. The molecule has 16 heteroatoms. The van der Waals surface area contributed by atoms with E-state index in [-0.39, 0.29) is 44.2 Å². The third-order valence-corrected chi connectivity index (χ3v) is 6.83. The van der Waals surface area contributed by atoms with Gasteiger partial charge in [0, 0.05) is 17.8 Å². The number of halogens is 5. The summed E-state index contributed by atoms with van der Waals surface area (Å²) in [6, 6.07) is 8.47. The van der Waals surface area contributed by atoms with Crippen LogP contribution in [0.4, 0.5) is 28.9 Å². The monoisotopic (exact) mass is 597 g/mol. The Kier molecular flexibility index (Phi) is 5.81. The molecule has 0 unspecified atom stereocenters. The summed E-state index contributed by atoms with van der Waals surface area (Å²) in [5.74, 6) is -3.08. The number of fused-ring (bicyclic) bond motifs is 3. The Bertz CT molecular complexity index is 1730. The van der Waals surface area contributed by atoms with Gasteiger partial charge >= 0.3 is 12.6 Å². The second-order valence-electron chi connectivity index (χ2n) is 8.21. The first-order valence-corrected chi connectivity index (χ1v) is 12.2. The molecule has 0 saturated carbocycles. The van der Waals surface area contributed by atoms with Gasteiger partial charge in [-0.25, -0.2) is 4.98 Å². The highest BCUT2D eigenvalue weighted by molar-refractivity contribution is 7.22. The lowest BCUT2D eigenvalue weighted by Crippen LogP contribution is -2.26. The van der Waals surface area contributed by atoms with Crippen molar-refractivity contribution < 1.29 is 50.8 Å². The third-order valence-electron chi connectivity index (χ3n) is 5.63. The van der Waals surface area contributed by atoms with E-state index in [2.05, 4.69) is 34.6 Å². The lowest BCUT2D eigenvalue weighted by molar-refractivity contribution is -0.287. The number of anilines is 2. The first kappa shape index (κ1) is 25.8. The quantitative estimate of drug-likeness (QED) is 0.265. The second kappa shape index (κ2) is 9.02. The van der Waals surface area contributed by atoms with Crippen LogP contribution in [0.1, 0.15) is 20.7 Å². The van der Waals surface area contributed by atoms with Gasteiger partial charge in [0.1, 0.15) is 11.3 Å². The van der Waals surface area contributed by atoms with Crippen LogP contribution in [0.5, 0.6) is 28.7 Å². The minimum absolute atomic E-state index is 0.00365. The molecule has 2 aliphatic rings. The number of ether oxygens (including phenoxy) is 5. The molecule has 0 spiro atoms. The predicted octanol–water partition coefficient (Wildman–Crippen LogP) is 6.11. The SMILES string of the molecule is COc1ccc2nc(Cl)sc2c1C(=O)Nc1cc2c(cc1C(=O)Nc1ccc3c(c1)OC(F)(F)O3)OC(F)(F)O2. The molecule has 0 radical (unpaired) electrons. The Morgan fingerprint density at radius 3 is 2.23 bits per heavy atom. The Morgan fingerprint density at radius 2 is 1.52 bits per heavy atom. The lowest BCUT2D eigenvalue weighted by atomic mass is 10.1. The van der Waals surface area contributed by atoms with Crippen LogP contribution >= 0.6 is 22.9 Å². The second-order valence-corrected chi connectivity index (χ2v) is 9.79. The van der Waals surface area contributed by atoms with E-state index in [0.717, 1.165) is 35.6 Å². The van der Waals surface area contributed by atoms with Crippen molar-refractivity contribution >= 4 is 56.3 Å².